The number of aromatic nitrogens is 1. The summed E-state index contributed by atoms with van der Waals surface area (Å²) < 4.78 is 40.3. The first-order valence-corrected chi connectivity index (χ1v) is 5.79. The summed E-state index contributed by atoms with van der Waals surface area (Å²) in [7, 11) is 0. The molecular formula is C11H5BrF3NO4. The zero-order valence-corrected chi connectivity index (χ0v) is 11.0. The molecule has 0 atom stereocenters. The molecule has 0 radical (unpaired) electrons. The molecule has 2 rings (SSSR count). The molecule has 0 bridgehead atoms. The third-order valence-electron chi connectivity index (χ3n) is 2.27. The summed E-state index contributed by atoms with van der Waals surface area (Å²) in [6.45, 7) is 0. The molecule has 0 amide bonds. The van der Waals surface area contributed by atoms with Gasteiger partial charge in [0.15, 0.2) is 5.69 Å². The highest BCUT2D eigenvalue weighted by Gasteiger charge is 2.31. The van der Waals surface area contributed by atoms with Crippen molar-refractivity contribution in [2.45, 2.75) is 6.36 Å². The summed E-state index contributed by atoms with van der Waals surface area (Å²) in [6, 6.07) is 2.74. The monoisotopic (exact) mass is 351 g/mol. The molecule has 0 saturated heterocycles. The predicted octanol–water partition coefficient (Wildman–Crippen LogP) is 3.30. The summed E-state index contributed by atoms with van der Waals surface area (Å²) in [4.78, 5) is 14.5. The van der Waals surface area contributed by atoms with E-state index in [9.17, 15) is 23.1 Å². The van der Waals surface area contributed by atoms with E-state index in [1.807, 2.05) is 0 Å². The van der Waals surface area contributed by atoms with Gasteiger partial charge in [0.1, 0.15) is 11.5 Å². The molecule has 1 aromatic carbocycles. The van der Waals surface area contributed by atoms with Crippen molar-refractivity contribution in [2.24, 2.45) is 0 Å². The van der Waals surface area contributed by atoms with Gasteiger partial charge in [0, 0.05) is 15.9 Å². The van der Waals surface area contributed by atoms with E-state index in [0.717, 1.165) is 18.2 Å². The lowest BCUT2D eigenvalue weighted by Crippen LogP contribution is -2.17. The van der Waals surface area contributed by atoms with Crippen LogP contribution >= 0.6 is 15.9 Å². The van der Waals surface area contributed by atoms with Crippen LogP contribution in [-0.4, -0.2) is 27.5 Å². The number of ether oxygens (including phenoxy) is 1. The van der Waals surface area contributed by atoms with Crippen LogP contribution in [0.2, 0.25) is 0 Å². The normalized spacial score (nSPS) is 11.6. The Kier molecular flexibility index (Phi) is 3.46. The number of aromatic carboxylic acids is 1. The Morgan fingerprint density at radius 2 is 1.95 bits per heavy atom. The maximum atomic E-state index is 12.2. The first-order chi connectivity index (χ1) is 9.17. The Bertz CT molecular complexity index is 702. The molecular weight excluding hydrogens is 347 g/mol. The Balaban J connectivity index is 2.64. The van der Waals surface area contributed by atoms with E-state index in [2.05, 4.69) is 25.7 Å². The highest BCUT2D eigenvalue weighted by Crippen LogP contribution is 2.35. The van der Waals surface area contributed by atoms with Crippen molar-refractivity contribution >= 4 is 32.8 Å². The van der Waals surface area contributed by atoms with Gasteiger partial charge in [-0.15, -0.1) is 13.2 Å². The van der Waals surface area contributed by atoms with Crippen LogP contribution in [-0.2, 0) is 0 Å². The number of hydrogen-bond donors (Lipinski definition) is 2. The van der Waals surface area contributed by atoms with Crippen molar-refractivity contribution in [3.63, 3.8) is 0 Å². The van der Waals surface area contributed by atoms with Gasteiger partial charge in [-0.2, -0.15) is 0 Å². The number of rotatable bonds is 2. The van der Waals surface area contributed by atoms with E-state index in [4.69, 9.17) is 5.11 Å². The number of nitrogens with zero attached hydrogens (tertiary/aromatic N) is 1. The fourth-order valence-corrected chi connectivity index (χ4v) is 2.07. The topological polar surface area (TPSA) is 79.7 Å². The van der Waals surface area contributed by atoms with Crippen LogP contribution in [0.4, 0.5) is 13.2 Å². The maximum Gasteiger partial charge on any atom is 0.573 e. The fraction of sp³-hybridized carbons (Fsp3) is 0.0909. The smallest absolute Gasteiger partial charge is 0.507 e. The van der Waals surface area contributed by atoms with Gasteiger partial charge in [-0.1, -0.05) is 0 Å². The van der Waals surface area contributed by atoms with Gasteiger partial charge in [0.05, 0.1) is 5.52 Å². The largest absolute Gasteiger partial charge is 0.573 e. The van der Waals surface area contributed by atoms with Crippen LogP contribution in [0.3, 0.4) is 0 Å². The number of alkyl halides is 3. The Morgan fingerprint density at radius 3 is 2.50 bits per heavy atom. The molecule has 0 aliphatic heterocycles. The Morgan fingerprint density at radius 1 is 1.30 bits per heavy atom. The molecule has 1 aromatic heterocycles. The number of fused-ring (bicyclic) bond motifs is 1. The zero-order valence-electron chi connectivity index (χ0n) is 9.40. The van der Waals surface area contributed by atoms with Crippen LogP contribution in [0.1, 0.15) is 10.5 Å². The van der Waals surface area contributed by atoms with Crippen molar-refractivity contribution in [1.82, 2.24) is 4.98 Å². The molecule has 0 spiro atoms. The number of halogens is 4. The lowest BCUT2D eigenvalue weighted by atomic mass is 10.1. The van der Waals surface area contributed by atoms with E-state index >= 15 is 0 Å². The van der Waals surface area contributed by atoms with E-state index in [1.165, 1.54) is 0 Å². The van der Waals surface area contributed by atoms with Crippen LogP contribution in [0.5, 0.6) is 11.5 Å². The van der Waals surface area contributed by atoms with Gasteiger partial charge in [-0.3, -0.25) is 0 Å². The molecule has 0 unspecified atom stereocenters. The average molecular weight is 352 g/mol. The number of benzene rings is 1. The Labute approximate surface area is 117 Å². The Hall–Kier alpha value is -2.03. The molecule has 0 fully saturated rings. The average Bonchev–Trinajstić information content (AvgIpc) is 2.27. The van der Waals surface area contributed by atoms with Crippen molar-refractivity contribution in [1.29, 1.82) is 0 Å². The lowest BCUT2D eigenvalue weighted by Gasteiger charge is -2.11. The molecule has 0 aliphatic rings. The second-order valence-electron chi connectivity index (χ2n) is 3.68. The highest BCUT2D eigenvalue weighted by molar-refractivity contribution is 9.10. The van der Waals surface area contributed by atoms with E-state index in [-0.39, 0.29) is 15.4 Å². The minimum atomic E-state index is -4.88. The second-order valence-corrected chi connectivity index (χ2v) is 4.54. The van der Waals surface area contributed by atoms with Gasteiger partial charge in [-0.05, 0) is 28.1 Å². The summed E-state index contributed by atoms with van der Waals surface area (Å²) in [6.07, 6.45) is -4.88. The minimum Gasteiger partial charge on any atom is -0.507 e. The molecule has 106 valence electrons. The number of hydrogen-bond acceptors (Lipinski definition) is 4. The zero-order chi connectivity index (χ0) is 15.1. The number of aromatic hydroxyl groups is 1. The molecule has 0 saturated carbocycles. The number of carboxylic acids is 1. The SMILES string of the molecule is O=C(O)c1cc(O)c2cc(OC(F)(F)F)cc(Br)c2n1. The van der Waals surface area contributed by atoms with Crippen LogP contribution in [0.25, 0.3) is 10.9 Å². The van der Waals surface area contributed by atoms with Gasteiger partial charge < -0.3 is 14.9 Å². The van der Waals surface area contributed by atoms with Gasteiger partial charge in [-0.25, -0.2) is 9.78 Å². The summed E-state index contributed by atoms with van der Waals surface area (Å²) in [5.74, 6) is -2.44. The maximum absolute atomic E-state index is 12.2. The van der Waals surface area contributed by atoms with Gasteiger partial charge in [0.25, 0.3) is 0 Å². The first kappa shape index (κ1) is 14.4. The van der Waals surface area contributed by atoms with Crippen LogP contribution in [0, 0.1) is 0 Å². The number of carboxylic acid groups (broad SMARTS) is 1. The first-order valence-electron chi connectivity index (χ1n) is 4.99. The minimum absolute atomic E-state index is 0.0110. The van der Waals surface area contributed by atoms with E-state index < -0.39 is 29.5 Å². The standard InChI is InChI=1S/C11H5BrF3NO4/c12-6-2-4(20-11(13,14)15)1-5-8(17)3-7(10(18)19)16-9(5)6/h1-3H,(H,16,17)(H,18,19). The molecule has 2 N–H and O–H groups in total. The fourth-order valence-electron chi connectivity index (χ4n) is 1.55. The molecule has 9 heteroatoms. The summed E-state index contributed by atoms with van der Waals surface area (Å²) in [5.41, 5.74) is -0.419. The molecule has 0 aliphatic carbocycles. The van der Waals surface area contributed by atoms with Crippen molar-refractivity contribution in [3.05, 3.63) is 28.4 Å². The number of carbonyl (C=O) groups is 1. The van der Waals surface area contributed by atoms with E-state index in [0.29, 0.717) is 0 Å². The molecule has 20 heavy (non-hydrogen) atoms. The molecule has 5 nitrogen and oxygen atoms in total. The van der Waals surface area contributed by atoms with Crippen molar-refractivity contribution in [3.8, 4) is 11.5 Å². The second kappa shape index (κ2) is 4.82. The molecule has 1 heterocycles. The summed E-state index contributed by atoms with van der Waals surface area (Å²) in [5, 5.41) is 18.4. The third kappa shape index (κ3) is 2.93. The van der Waals surface area contributed by atoms with Crippen LogP contribution < -0.4 is 4.74 Å². The van der Waals surface area contributed by atoms with Crippen molar-refractivity contribution in [2.75, 3.05) is 0 Å². The van der Waals surface area contributed by atoms with Gasteiger partial charge in [0.2, 0.25) is 0 Å². The van der Waals surface area contributed by atoms with E-state index in [1.54, 1.807) is 0 Å². The van der Waals surface area contributed by atoms with Gasteiger partial charge >= 0.3 is 12.3 Å². The van der Waals surface area contributed by atoms with Crippen molar-refractivity contribution < 1.29 is 32.9 Å². The molecule has 2 aromatic rings. The predicted molar refractivity (Wildman–Crippen MR) is 64.8 cm³/mol. The third-order valence-corrected chi connectivity index (χ3v) is 2.88. The number of pyridine rings is 1. The highest BCUT2D eigenvalue weighted by atomic mass is 79.9. The quantitative estimate of drug-likeness (QED) is 0.867. The lowest BCUT2D eigenvalue weighted by molar-refractivity contribution is -0.274. The summed E-state index contributed by atoms with van der Waals surface area (Å²) >= 11 is 2.96. The van der Waals surface area contributed by atoms with Crippen LogP contribution in [0.15, 0.2) is 22.7 Å².